The number of rotatable bonds is 6. The van der Waals surface area contributed by atoms with Gasteiger partial charge < -0.3 is 20.5 Å². The number of carbonyl (C=O) groups is 1. The van der Waals surface area contributed by atoms with Gasteiger partial charge in [0.15, 0.2) is 5.69 Å². The Labute approximate surface area is 100 Å². The van der Waals surface area contributed by atoms with Crippen molar-refractivity contribution in [1.29, 1.82) is 0 Å². The van der Waals surface area contributed by atoms with Crippen molar-refractivity contribution in [3.63, 3.8) is 0 Å². The maximum absolute atomic E-state index is 11.7. The monoisotopic (exact) mass is 239 g/mol. The molecule has 0 aromatic carbocycles. The highest BCUT2D eigenvalue weighted by molar-refractivity contribution is 5.96. The molecule has 17 heavy (non-hydrogen) atoms. The van der Waals surface area contributed by atoms with Gasteiger partial charge in [0, 0.05) is 27.0 Å². The van der Waals surface area contributed by atoms with Crippen LogP contribution in [-0.2, 0) is 9.47 Å². The van der Waals surface area contributed by atoms with Gasteiger partial charge in [-0.2, -0.15) is 0 Å². The van der Waals surface area contributed by atoms with Crippen LogP contribution in [0.2, 0.25) is 0 Å². The van der Waals surface area contributed by atoms with E-state index in [1.54, 1.807) is 26.4 Å². The van der Waals surface area contributed by atoms with Crippen molar-refractivity contribution in [3.8, 4) is 0 Å². The highest BCUT2D eigenvalue weighted by Gasteiger charge is 2.13. The van der Waals surface area contributed by atoms with Crippen LogP contribution in [0.3, 0.4) is 0 Å². The molecule has 1 heterocycles. The Kier molecular flexibility index (Phi) is 5.38. The minimum absolute atomic E-state index is 0.186. The first-order valence-corrected chi connectivity index (χ1v) is 5.19. The molecule has 6 heteroatoms. The summed E-state index contributed by atoms with van der Waals surface area (Å²) in [4.78, 5) is 15.7. The number of hydrogen-bond acceptors (Lipinski definition) is 5. The van der Waals surface area contributed by atoms with E-state index < -0.39 is 0 Å². The van der Waals surface area contributed by atoms with Crippen molar-refractivity contribution in [2.24, 2.45) is 0 Å². The van der Waals surface area contributed by atoms with Crippen molar-refractivity contribution in [2.45, 2.75) is 6.10 Å². The fourth-order valence-electron chi connectivity index (χ4n) is 1.29. The lowest BCUT2D eigenvalue weighted by Crippen LogP contribution is -2.36. The Balaban J connectivity index is 2.52. The van der Waals surface area contributed by atoms with E-state index in [2.05, 4.69) is 10.3 Å². The molecule has 0 saturated heterocycles. The topological polar surface area (TPSA) is 86.5 Å². The standard InChI is InChI=1S/C11H17N3O3/c1-16-7-8(17-2)6-14-11(15)10-9(12)4-3-5-13-10/h3-5,8H,6-7,12H2,1-2H3,(H,14,15). The molecule has 6 nitrogen and oxygen atoms in total. The van der Waals surface area contributed by atoms with E-state index in [4.69, 9.17) is 15.2 Å². The number of aromatic nitrogens is 1. The first-order chi connectivity index (χ1) is 8.19. The predicted octanol–water partition coefficient (Wildman–Crippen LogP) is 0.0550. The number of nitrogens with zero attached hydrogens (tertiary/aromatic N) is 1. The summed E-state index contributed by atoms with van der Waals surface area (Å²) in [6.45, 7) is 0.758. The molecular weight excluding hydrogens is 222 g/mol. The minimum atomic E-state index is -0.318. The molecule has 0 aliphatic carbocycles. The molecule has 3 N–H and O–H groups in total. The summed E-state index contributed by atoms with van der Waals surface area (Å²) in [6.07, 6.45) is 1.34. The average molecular weight is 239 g/mol. The fraction of sp³-hybridized carbons (Fsp3) is 0.455. The van der Waals surface area contributed by atoms with Gasteiger partial charge in [0.1, 0.15) is 0 Å². The van der Waals surface area contributed by atoms with Gasteiger partial charge in [-0.3, -0.25) is 4.79 Å². The number of nitrogens with one attached hydrogen (secondary N) is 1. The summed E-state index contributed by atoms with van der Waals surface area (Å²) in [5.41, 5.74) is 6.21. The Bertz CT molecular complexity index is 371. The molecular formula is C11H17N3O3. The maximum atomic E-state index is 11.7. The molecule has 0 aliphatic heterocycles. The van der Waals surface area contributed by atoms with Crippen LogP contribution < -0.4 is 11.1 Å². The lowest BCUT2D eigenvalue weighted by molar-refractivity contribution is 0.0285. The van der Waals surface area contributed by atoms with Gasteiger partial charge in [0.2, 0.25) is 0 Å². The van der Waals surface area contributed by atoms with Crippen molar-refractivity contribution in [1.82, 2.24) is 10.3 Å². The van der Waals surface area contributed by atoms with Crippen LogP contribution >= 0.6 is 0 Å². The number of pyridine rings is 1. The predicted molar refractivity (Wildman–Crippen MR) is 63.7 cm³/mol. The summed E-state index contributed by atoms with van der Waals surface area (Å²) in [7, 11) is 3.13. The van der Waals surface area contributed by atoms with Gasteiger partial charge >= 0.3 is 0 Å². The Hall–Kier alpha value is -1.66. The van der Waals surface area contributed by atoms with Crippen molar-refractivity contribution in [2.75, 3.05) is 33.1 Å². The van der Waals surface area contributed by atoms with E-state index in [0.29, 0.717) is 18.8 Å². The smallest absolute Gasteiger partial charge is 0.272 e. The van der Waals surface area contributed by atoms with Gasteiger partial charge in [-0.15, -0.1) is 0 Å². The lowest BCUT2D eigenvalue weighted by atomic mass is 10.3. The summed E-state index contributed by atoms with van der Waals surface area (Å²) < 4.78 is 10.1. The Morgan fingerprint density at radius 1 is 1.59 bits per heavy atom. The highest BCUT2D eigenvalue weighted by atomic mass is 16.5. The second-order valence-corrected chi connectivity index (χ2v) is 3.46. The first kappa shape index (κ1) is 13.4. The van der Waals surface area contributed by atoms with Crippen LogP contribution in [0, 0.1) is 0 Å². The lowest BCUT2D eigenvalue weighted by Gasteiger charge is -2.15. The minimum Gasteiger partial charge on any atom is -0.397 e. The number of anilines is 1. The number of carbonyl (C=O) groups excluding carboxylic acids is 1. The third kappa shape index (κ3) is 4.01. The molecule has 0 aliphatic rings. The third-order valence-corrected chi connectivity index (χ3v) is 2.23. The van der Waals surface area contributed by atoms with E-state index in [-0.39, 0.29) is 17.7 Å². The van der Waals surface area contributed by atoms with Gasteiger partial charge in [-0.1, -0.05) is 0 Å². The van der Waals surface area contributed by atoms with Gasteiger partial charge in [-0.05, 0) is 12.1 Å². The molecule has 0 fully saturated rings. The summed E-state index contributed by atoms with van der Waals surface area (Å²) in [5, 5.41) is 2.69. The molecule has 1 atom stereocenters. The second kappa shape index (κ2) is 6.82. The number of nitrogens with two attached hydrogens (primary N) is 1. The van der Waals surface area contributed by atoms with Gasteiger partial charge in [0.05, 0.1) is 18.4 Å². The molecule has 0 bridgehead atoms. The van der Waals surface area contributed by atoms with Crippen LogP contribution in [0.25, 0.3) is 0 Å². The number of methoxy groups -OCH3 is 2. The molecule has 1 aromatic rings. The van der Waals surface area contributed by atoms with Crippen LogP contribution in [0.1, 0.15) is 10.5 Å². The van der Waals surface area contributed by atoms with E-state index in [9.17, 15) is 4.79 Å². The SMILES string of the molecule is COCC(CNC(=O)c1ncccc1N)OC. The van der Waals surface area contributed by atoms with Gasteiger partial charge in [0.25, 0.3) is 5.91 Å². The Morgan fingerprint density at radius 2 is 2.35 bits per heavy atom. The van der Waals surface area contributed by atoms with Gasteiger partial charge in [-0.25, -0.2) is 4.98 Å². The van der Waals surface area contributed by atoms with E-state index in [0.717, 1.165) is 0 Å². The van der Waals surface area contributed by atoms with Crippen LogP contribution in [0.4, 0.5) is 5.69 Å². The number of amides is 1. The molecule has 1 unspecified atom stereocenters. The first-order valence-electron chi connectivity index (χ1n) is 5.19. The molecule has 1 amide bonds. The number of nitrogen functional groups attached to an aromatic ring is 1. The maximum Gasteiger partial charge on any atom is 0.272 e. The van der Waals surface area contributed by atoms with Crippen LogP contribution in [0.15, 0.2) is 18.3 Å². The quantitative estimate of drug-likeness (QED) is 0.732. The normalized spacial score (nSPS) is 12.1. The molecule has 0 radical (unpaired) electrons. The van der Waals surface area contributed by atoms with Crippen molar-refractivity contribution < 1.29 is 14.3 Å². The summed E-state index contributed by atoms with van der Waals surface area (Å²) in [6, 6.07) is 3.31. The molecule has 1 aromatic heterocycles. The molecule has 1 rings (SSSR count). The molecule has 94 valence electrons. The second-order valence-electron chi connectivity index (χ2n) is 3.46. The van der Waals surface area contributed by atoms with E-state index in [1.165, 1.54) is 6.20 Å². The van der Waals surface area contributed by atoms with E-state index in [1.807, 2.05) is 0 Å². The van der Waals surface area contributed by atoms with E-state index >= 15 is 0 Å². The zero-order valence-corrected chi connectivity index (χ0v) is 9.97. The fourth-order valence-corrected chi connectivity index (χ4v) is 1.29. The van der Waals surface area contributed by atoms with Crippen molar-refractivity contribution in [3.05, 3.63) is 24.0 Å². The highest BCUT2D eigenvalue weighted by Crippen LogP contribution is 2.06. The van der Waals surface area contributed by atoms with Crippen LogP contribution in [0.5, 0.6) is 0 Å². The zero-order valence-electron chi connectivity index (χ0n) is 9.97. The third-order valence-electron chi connectivity index (χ3n) is 2.23. The molecule has 0 spiro atoms. The Morgan fingerprint density at radius 3 is 2.94 bits per heavy atom. The van der Waals surface area contributed by atoms with Crippen molar-refractivity contribution >= 4 is 11.6 Å². The summed E-state index contributed by atoms with van der Waals surface area (Å²) >= 11 is 0. The zero-order chi connectivity index (χ0) is 12.7. The average Bonchev–Trinajstić information content (AvgIpc) is 2.34. The number of hydrogen-bond donors (Lipinski definition) is 2. The summed E-state index contributed by atoms with van der Waals surface area (Å²) in [5.74, 6) is -0.318. The van der Waals surface area contributed by atoms with Crippen LogP contribution in [-0.4, -0.2) is 44.4 Å². The molecule has 0 saturated carbocycles. The number of ether oxygens (including phenoxy) is 2. The largest absolute Gasteiger partial charge is 0.397 e.